The standard InChI is InChI=1S/C16H21NO6/c1-16(2,3)23-15(20)17-11(9-14(18)19)10-4-5-12-13(8-10)22-7-6-21-12/h4-5,8,11H,6-7,9H2,1-3H3,(H,17,20)(H,18,19)/t11-/m0/s1. The normalized spacial score (nSPS) is 14.7. The van der Waals surface area contributed by atoms with Gasteiger partial charge in [0.1, 0.15) is 18.8 Å². The average Bonchev–Trinajstić information content (AvgIpc) is 2.43. The second kappa shape index (κ2) is 6.76. The first kappa shape index (κ1) is 16.9. The van der Waals surface area contributed by atoms with Crippen LogP contribution in [-0.4, -0.2) is 36.0 Å². The molecule has 0 spiro atoms. The summed E-state index contributed by atoms with van der Waals surface area (Å²) in [6, 6.07) is 4.37. The Hall–Kier alpha value is -2.44. The minimum atomic E-state index is -1.03. The quantitative estimate of drug-likeness (QED) is 0.884. The van der Waals surface area contributed by atoms with Gasteiger partial charge in [0.15, 0.2) is 11.5 Å². The van der Waals surface area contributed by atoms with E-state index in [1.165, 1.54) is 0 Å². The second-order valence-corrected chi connectivity index (χ2v) is 6.20. The SMILES string of the molecule is CC(C)(C)OC(=O)N[C@@H](CC(=O)O)c1ccc2c(c1)OCCO2. The number of ether oxygens (including phenoxy) is 3. The summed E-state index contributed by atoms with van der Waals surface area (Å²) in [5.41, 5.74) is -0.0486. The van der Waals surface area contributed by atoms with Crippen LogP contribution in [-0.2, 0) is 9.53 Å². The van der Waals surface area contributed by atoms with Crippen LogP contribution >= 0.6 is 0 Å². The molecular formula is C16H21NO6. The number of benzene rings is 1. The van der Waals surface area contributed by atoms with Crippen LogP contribution in [0, 0.1) is 0 Å². The lowest BCUT2D eigenvalue weighted by Gasteiger charge is -2.24. The maximum Gasteiger partial charge on any atom is 0.408 e. The van der Waals surface area contributed by atoms with Crippen LogP contribution in [0.3, 0.4) is 0 Å². The molecule has 23 heavy (non-hydrogen) atoms. The topological polar surface area (TPSA) is 94.1 Å². The Labute approximate surface area is 134 Å². The number of hydrogen-bond acceptors (Lipinski definition) is 5. The van der Waals surface area contributed by atoms with Crippen LogP contribution in [0.5, 0.6) is 11.5 Å². The van der Waals surface area contributed by atoms with Crippen LogP contribution in [0.15, 0.2) is 18.2 Å². The first-order chi connectivity index (χ1) is 10.7. The average molecular weight is 323 g/mol. The summed E-state index contributed by atoms with van der Waals surface area (Å²) in [4.78, 5) is 23.0. The summed E-state index contributed by atoms with van der Waals surface area (Å²) < 4.78 is 16.1. The van der Waals surface area contributed by atoms with Gasteiger partial charge in [0.05, 0.1) is 12.5 Å². The van der Waals surface area contributed by atoms with Crippen LogP contribution in [0.25, 0.3) is 0 Å². The van der Waals surface area contributed by atoms with Gasteiger partial charge in [0, 0.05) is 0 Å². The summed E-state index contributed by atoms with van der Waals surface area (Å²) >= 11 is 0. The molecule has 0 fully saturated rings. The smallest absolute Gasteiger partial charge is 0.408 e. The van der Waals surface area contributed by atoms with Crippen molar-refractivity contribution >= 4 is 12.1 Å². The van der Waals surface area contributed by atoms with Crippen LogP contribution in [0.1, 0.15) is 38.8 Å². The number of carboxylic acid groups (broad SMARTS) is 1. The molecule has 1 aliphatic heterocycles. The van der Waals surface area contributed by atoms with Gasteiger partial charge in [-0.25, -0.2) is 4.79 Å². The Morgan fingerprint density at radius 2 is 1.91 bits per heavy atom. The summed E-state index contributed by atoms with van der Waals surface area (Å²) in [5, 5.41) is 11.7. The molecule has 0 aliphatic carbocycles. The number of rotatable bonds is 4. The lowest BCUT2D eigenvalue weighted by Crippen LogP contribution is -2.35. The van der Waals surface area contributed by atoms with E-state index in [4.69, 9.17) is 19.3 Å². The zero-order valence-electron chi connectivity index (χ0n) is 13.4. The largest absolute Gasteiger partial charge is 0.486 e. The van der Waals surface area contributed by atoms with E-state index in [9.17, 15) is 9.59 Å². The summed E-state index contributed by atoms with van der Waals surface area (Å²) in [7, 11) is 0. The monoisotopic (exact) mass is 323 g/mol. The first-order valence-electron chi connectivity index (χ1n) is 7.35. The molecule has 1 aromatic rings. The van der Waals surface area contributed by atoms with Gasteiger partial charge < -0.3 is 24.6 Å². The third-order valence-corrected chi connectivity index (χ3v) is 3.04. The molecular weight excluding hydrogens is 302 g/mol. The lowest BCUT2D eigenvalue weighted by molar-refractivity contribution is -0.137. The van der Waals surface area contributed by atoms with E-state index in [1.54, 1.807) is 39.0 Å². The van der Waals surface area contributed by atoms with Crippen LogP contribution in [0.2, 0.25) is 0 Å². The van der Waals surface area contributed by atoms with Gasteiger partial charge in [-0.15, -0.1) is 0 Å². The molecule has 7 heteroatoms. The Morgan fingerprint density at radius 1 is 1.26 bits per heavy atom. The number of alkyl carbamates (subject to hydrolysis) is 1. The van der Waals surface area contributed by atoms with Gasteiger partial charge in [-0.3, -0.25) is 4.79 Å². The van der Waals surface area contributed by atoms with Crippen molar-refractivity contribution in [3.8, 4) is 11.5 Å². The van der Waals surface area contributed by atoms with E-state index >= 15 is 0 Å². The molecule has 1 aromatic carbocycles. The number of fused-ring (bicyclic) bond motifs is 1. The van der Waals surface area contributed by atoms with Crippen LogP contribution in [0.4, 0.5) is 4.79 Å². The molecule has 0 aromatic heterocycles. The summed E-state index contributed by atoms with van der Waals surface area (Å²) in [6.45, 7) is 6.12. The van der Waals surface area contributed by atoms with Crippen molar-refractivity contribution in [1.29, 1.82) is 0 Å². The number of carbonyl (C=O) groups excluding carboxylic acids is 1. The molecule has 0 unspecified atom stereocenters. The number of nitrogens with one attached hydrogen (secondary N) is 1. The molecule has 1 amide bonds. The highest BCUT2D eigenvalue weighted by Gasteiger charge is 2.24. The number of carboxylic acids is 1. The molecule has 0 saturated heterocycles. The fraction of sp³-hybridized carbons (Fsp3) is 0.500. The van der Waals surface area contributed by atoms with E-state index in [2.05, 4.69) is 5.32 Å². The third kappa shape index (κ3) is 5.05. The number of aliphatic carboxylic acids is 1. The van der Waals surface area contributed by atoms with E-state index in [-0.39, 0.29) is 6.42 Å². The molecule has 1 heterocycles. The molecule has 0 saturated carbocycles. The molecule has 0 radical (unpaired) electrons. The highest BCUT2D eigenvalue weighted by Crippen LogP contribution is 2.33. The zero-order chi connectivity index (χ0) is 17.0. The predicted molar refractivity (Wildman–Crippen MR) is 81.8 cm³/mol. The molecule has 1 atom stereocenters. The molecule has 7 nitrogen and oxygen atoms in total. The van der Waals surface area contributed by atoms with Gasteiger partial charge in [-0.1, -0.05) is 6.07 Å². The summed E-state index contributed by atoms with van der Waals surface area (Å²) in [6.07, 6.45) is -0.933. The molecule has 2 N–H and O–H groups in total. The minimum absolute atomic E-state index is 0.265. The highest BCUT2D eigenvalue weighted by atomic mass is 16.6. The van der Waals surface area contributed by atoms with Crippen molar-refractivity contribution < 1.29 is 28.9 Å². The Kier molecular flexibility index (Phi) is 4.98. The van der Waals surface area contributed by atoms with Gasteiger partial charge in [0.25, 0.3) is 0 Å². The third-order valence-electron chi connectivity index (χ3n) is 3.04. The van der Waals surface area contributed by atoms with Crippen molar-refractivity contribution in [3.63, 3.8) is 0 Å². The Morgan fingerprint density at radius 3 is 2.52 bits per heavy atom. The van der Waals surface area contributed by atoms with Crippen molar-refractivity contribution in [1.82, 2.24) is 5.32 Å². The van der Waals surface area contributed by atoms with Crippen LogP contribution < -0.4 is 14.8 Å². The van der Waals surface area contributed by atoms with Crippen molar-refractivity contribution in [3.05, 3.63) is 23.8 Å². The van der Waals surface area contributed by atoms with E-state index in [0.29, 0.717) is 30.3 Å². The number of amides is 1. The second-order valence-electron chi connectivity index (χ2n) is 6.20. The molecule has 0 bridgehead atoms. The maximum absolute atomic E-state index is 11.9. The van der Waals surface area contributed by atoms with Gasteiger partial charge in [0.2, 0.25) is 0 Å². The minimum Gasteiger partial charge on any atom is -0.486 e. The maximum atomic E-state index is 11.9. The van der Waals surface area contributed by atoms with Crippen molar-refractivity contribution in [2.45, 2.75) is 38.8 Å². The van der Waals surface area contributed by atoms with Gasteiger partial charge in [-0.05, 0) is 38.5 Å². The Balaban J connectivity index is 2.17. The number of hydrogen-bond donors (Lipinski definition) is 2. The molecule has 2 rings (SSSR count). The van der Waals surface area contributed by atoms with Gasteiger partial charge in [-0.2, -0.15) is 0 Å². The lowest BCUT2D eigenvalue weighted by atomic mass is 10.0. The van der Waals surface area contributed by atoms with E-state index in [0.717, 1.165) is 0 Å². The highest BCUT2D eigenvalue weighted by molar-refractivity contribution is 5.72. The van der Waals surface area contributed by atoms with Crippen molar-refractivity contribution in [2.75, 3.05) is 13.2 Å². The molecule has 1 aliphatic rings. The predicted octanol–water partition coefficient (Wildman–Crippen LogP) is 2.50. The van der Waals surface area contributed by atoms with E-state index in [1.807, 2.05) is 0 Å². The fourth-order valence-corrected chi connectivity index (χ4v) is 2.15. The summed E-state index contributed by atoms with van der Waals surface area (Å²) in [5.74, 6) is 0.113. The van der Waals surface area contributed by atoms with E-state index < -0.39 is 23.7 Å². The number of carbonyl (C=O) groups is 2. The Bertz CT molecular complexity index is 593. The fourth-order valence-electron chi connectivity index (χ4n) is 2.15. The molecule has 126 valence electrons. The first-order valence-corrected chi connectivity index (χ1v) is 7.35. The zero-order valence-corrected chi connectivity index (χ0v) is 13.4. The van der Waals surface area contributed by atoms with Crippen molar-refractivity contribution in [2.24, 2.45) is 0 Å². The van der Waals surface area contributed by atoms with Gasteiger partial charge >= 0.3 is 12.1 Å².